The lowest BCUT2D eigenvalue weighted by Crippen LogP contribution is -2.34. The molecule has 0 atom stereocenters. The van der Waals surface area contributed by atoms with Gasteiger partial charge in [-0.1, -0.05) is 25.7 Å². The number of aryl methyl sites for hydroxylation is 1. The molecule has 1 N–H and O–H groups in total. The molecule has 0 unspecified atom stereocenters. The number of hydrogen-bond donors (Lipinski definition) is 1. The minimum Gasteiger partial charge on any atom is -0.272 e. The standard InChI is InChI=1S/C12H21N3O2S/c1-2-15-10-12(9-13-15)18(16,17)14-11-7-5-3-4-6-8-11/h9-11,14H,2-8H2,1H3. The van der Waals surface area contributed by atoms with Gasteiger partial charge in [0.05, 0.1) is 6.20 Å². The molecule has 1 aliphatic rings. The van der Waals surface area contributed by atoms with Gasteiger partial charge >= 0.3 is 0 Å². The van der Waals surface area contributed by atoms with Gasteiger partial charge in [0.25, 0.3) is 0 Å². The molecule has 6 heteroatoms. The van der Waals surface area contributed by atoms with Crippen LogP contribution in [0.1, 0.15) is 45.4 Å². The van der Waals surface area contributed by atoms with Gasteiger partial charge in [-0.2, -0.15) is 5.10 Å². The van der Waals surface area contributed by atoms with E-state index in [1.54, 1.807) is 10.9 Å². The van der Waals surface area contributed by atoms with Crippen molar-refractivity contribution in [3.8, 4) is 0 Å². The molecule has 5 nitrogen and oxygen atoms in total. The van der Waals surface area contributed by atoms with Gasteiger partial charge in [-0.15, -0.1) is 0 Å². The molecular weight excluding hydrogens is 250 g/mol. The lowest BCUT2D eigenvalue weighted by Gasteiger charge is -2.15. The van der Waals surface area contributed by atoms with Gasteiger partial charge in [0.15, 0.2) is 0 Å². The molecule has 18 heavy (non-hydrogen) atoms. The quantitative estimate of drug-likeness (QED) is 0.851. The fraction of sp³-hybridized carbons (Fsp3) is 0.750. The third-order valence-corrected chi connectivity index (χ3v) is 4.90. The smallest absolute Gasteiger partial charge is 0.243 e. The van der Waals surface area contributed by atoms with Crippen LogP contribution in [0.3, 0.4) is 0 Å². The van der Waals surface area contributed by atoms with E-state index in [0.717, 1.165) is 25.7 Å². The molecule has 0 aromatic carbocycles. The maximum Gasteiger partial charge on any atom is 0.243 e. The summed E-state index contributed by atoms with van der Waals surface area (Å²) in [6.07, 6.45) is 9.55. The Kier molecular flexibility index (Phi) is 4.40. The minimum atomic E-state index is -3.40. The van der Waals surface area contributed by atoms with Crippen LogP contribution in [0.4, 0.5) is 0 Å². The Morgan fingerprint density at radius 3 is 2.56 bits per heavy atom. The Labute approximate surface area is 109 Å². The van der Waals surface area contributed by atoms with Crippen molar-refractivity contribution in [1.29, 1.82) is 0 Å². The number of hydrogen-bond acceptors (Lipinski definition) is 3. The van der Waals surface area contributed by atoms with Crippen LogP contribution in [-0.2, 0) is 16.6 Å². The largest absolute Gasteiger partial charge is 0.272 e. The van der Waals surface area contributed by atoms with E-state index in [-0.39, 0.29) is 10.9 Å². The highest BCUT2D eigenvalue weighted by Gasteiger charge is 2.22. The first-order valence-electron chi connectivity index (χ1n) is 6.66. The summed E-state index contributed by atoms with van der Waals surface area (Å²) in [5, 5.41) is 4.01. The zero-order valence-corrected chi connectivity index (χ0v) is 11.6. The molecule has 0 amide bonds. The second-order valence-electron chi connectivity index (χ2n) is 4.84. The molecule has 0 radical (unpaired) electrons. The van der Waals surface area contributed by atoms with E-state index in [9.17, 15) is 8.42 Å². The Hall–Kier alpha value is -0.880. The lowest BCUT2D eigenvalue weighted by atomic mass is 10.1. The summed E-state index contributed by atoms with van der Waals surface area (Å²) in [6, 6.07) is 0.0856. The molecule has 0 bridgehead atoms. The van der Waals surface area contributed by atoms with E-state index < -0.39 is 10.0 Å². The van der Waals surface area contributed by atoms with Crippen molar-refractivity contribution in [1.82, 2.24) is 14.5 Å². The van der Waals surface area contributed by atoms with E-state index in [2.05, 4.69) is 9.82 Å². The summed E-state index contributed by atoms with van der Waals surface area (Å²) in [5.74, 6) is 0. The van der Waals surface area contributed by atoms with E-state index >= 15 is 0 Å². The van der Waals surface area contributed by atoms with Gasteiger partial charge in [-0.3, -0.25) is 4.68 Å². The van der Waals surface area contributed by atoms with E-state index in [4.69, 9.17) is 0 Å². The van der Waals surface area contributed by atoms with Crippen molar-refractivity contribution in [3.63, 3.8) is 0 Å². The maximum atomic E-state index is 12.2. The highest BCUT2D eigenvalue weighted by Crippen LogP contribution is 2.19. The van der Waals surface area contributed by atoms with Crippen LogP contribution in [-0.4, -0.2) is 24.2 Å². The van der Waals surface area contributed by atoms with Crippen LogP contribution < -0.4 is 4.72 Å². The SMILES string of the molecule is CCn1cc(S(=O)(=O)NC2CCCCCC2)cn1. The van der Waals surface area contributed by atoms with Gasteiger partial charge in [-0.25, -0.2) is 13.1 Å². The lowest BCUT2D eigenvalue weighted by molar-refractivity contribution is 0.510. The van der Waals surface area contributed by atoms with Crippen LogP contribution in [0.2, 0.25) is 0 Å². The number of nitrogens with zero attached hydrogens (tertiary/aromatic N) is 2. The van der Waals surface area contributed by atoms with Crippen LogP contribution in [0.15, 0.2) is 17.3 Å². The Morgan fingerprint density at radius 2 is 2.00 bits per heavy atom. The normalized spacial score (nSPS) is 18.7. The Balaban J connectivity index is 2.06. The fourth-order valence-corrected chi connectivity index (χ4v) is 3.60. The minimum absolute atomic E-state index is 0.0856. The first-order chi connectivity index (χ1) is 8.62. The molecule has 0 spiro atoms. The molecule has 1 heterocycles. The van der Waals surface area contributed by atoms with Crippen LogP contribution in [0.5, 0.6) is 0 Å². The van der Waals surface area contributed by atoms with Crippen molar-refractivity contribution >= 4 is 10.0 Å². The van der Waals surface area contributed by atoms with E-state index in [1.807, 2.05) is 6.92 Å². The van der Waals surface area contributed by atoms with Crippen molar-refractivity contribution in [2.75, 3.05) is 0 Å². The summed E-state index contributed by atoms with van der Waals surface area (Å²) in [4.78, 5) is 0.272. The summed E-state index contributed by atoms with van der Waals surface area (Å²) < 4.78 is 28.8. The maximum absolute atomic E-state index is 12.2. The second-order valence-corrected chi connectivity index (χ2v) is 6.56. The molecule has 1 fully saturated rings. The summed E-state index contributed by atoms with van der Waals surface area (Å²) >= 11 is 0. The number of rotatable bonds is 4. The van der Waals surface area contributed by atoms with E-state index in [1.165, 1.54) is 19.0 Å². The molecular formula is C12H21N3O2S. The van der Waals surface area contributed by atoms with Crippen LogP contribution in [0.25, 0.3) is 0 Å². The molecule has 2 rings (SSSR count). The average Bonchev–Trinajstić information content (AvgIpc) is 2.70. The summed E-state index contributed by atoms with van der Waals surface area (Å²) in [7, 11) is -3.40. The van der Waals surface area contributed by atoms with Crippen molar-refractivity contribution < 1.29 is 8.42 Å². The highest BCUT2D eigenvalue weighted by molar-refractivity contribution is 7.89. The predicted octanol–water partition coefficient (Wildman–Crippen LogP) is 1.90. The summed E-state index contributed by atoms with van der Waals surface area (Å²) in [6.45, 7) is 2.61. The van der Waals surface area contributed by atoms with Crippen molar-refractivity contribution in [3.05, 3.63) is 12.4 Å². The fourth-order valence-electron chi connectivity index (χ4n) is 2.34. The van der Waals surface area contributed by atoms with Gasteiger partial charge in [-0.05, 0) is 19.8 Å². The Bertz CT molecular complexity index is 473. The first kappa shape index (κ1) is 13.5. The van der Waals surface area contributed by atoms with E-state index in [0.29, 0.717) is 6.54 Å². The summed E-state index contributed by atoms with van der Waals surface area (Å²) in [5.41, 5.74) is 0. The van der Waals surface area contributed by atoms with Gasteiger partial charge in [0.1, 0.15) is 4.90 Å². The topological polar surface area (TPSA) is 64.0 Å². The van der Waals surface area contributed by atoms with Crippen LogP contribution in [0, 0.1) is 0 Å². The highest BCUT2D eigenvalue weighted by atomic mass is 32.2. The number of nitrogens with one attached hydrogen (secondary N) is 1. The first-order valence-corrected chi connectivity index (χ1v) is 8.15. The zero-order chi connectivity index (χ0) is 13.0. The van der Waals surface area contributed by atoms with Crippen molar-refractivity contribution in [2.45, 2.75) is 62.9 Å². The third kappa shape index (κ3) is 3.32. The third-order valence-electron chi connectivity index (χ3n) is 3.42. The Morgan fingerprint density at radius 1 is 1.33 bits per heavy atom. The predicted molar refractivity (Wildman–Crippen MR) is 69.7 cm³/mol. The van der Waals surface area contributed by atoms with Gasteiger partial charge in [0, 0.05) is 18.8 Å². The molecule has 102 valence electrons. The van der Waals surface area contributed by atoms with Crippen LogP contribution >= 0.6 is 0 Å². The van der Waals surface area contributed by atoms with Gasteiger partial charge < -0.3 is 0 Å². The second kappa shape index (κ2) is 5.84. The molecule has 1 saturated carbocycles. The molecule has 1 aromatic heterocycles. The molecule has 1 aliphatic carbocycles. The number of aromatic nitrogens is 2. The number of sulfonamides is 1. The van der Waals surface area contributed by atoms with Gasteiger partial charge in [0.2, 0.25) is 10.0 Å². The van der Waals surface area contributed by atoms with Crippen molar-refractivity contribution in [2.24, 2.45) is 0 Å². The monoisotopic (exact) mass is 271 g/mol. The average molecular weight is 271 g/mol. The molecule has 1 aromatic rings. The zero-order valence-electron chi connectivity index (χ0n) is 10.8. The molecule has 0 aliphatic heterocycles. The molecule has 0 saturated heterocycles.